The number of primary sulfonamides is 1. The number of unbranched alkanes of at least 4 members (excludes halogenated alkanes) is 1. The molecule has 0 bridgehead atoms. The maximum atomic E-state index is 14.2. The first-order valence-corrected chi connectivity index (χ1v) is 12.2. The molecule has 3 N–H and O–H groups in total. The van der Waals surface area contributed by atoms with Gasteiger partial charge in [-0.05, 0) is 62.1 Å². The molecule has 1 heterocycles. The van der Waals surface area contributed by atoms with Gasteiger partial charge in [-0.25, -0.2) is 22.7 Å². The van der Waals surface area contributed by atoms with E-state index in [1.807, 2.05) is 6.92 Å². The van der Waals surface area contributed by atoms with Crippen molar-refractivity contribution >= 4 is 22.0 Å². The van der Waals surface area contributed by atoms with Crippen LogP contribution in [-0.4, -0.2) is 49.7 Å². The smallest absolute Gasteiger partial charge is 0.324 e. The number of imide groups is 1. The minimum Gasteiger partial charge on any atom is -0.487 e. The number of hydrogen-bond donors (Lipinski definition) is 2. The van der Waals surface area contributed by atoms with E-state index in [1.165, 1.54) is 11.0 Å². The van der Waals surface area contributed by atoms with Crippen molar-refractivity contribution in [2.75, 3.05) is 13.1 Å². The van der Waals surface area contributed by atoms with Crippen molar-refractivity contribution in [2.45, 2.75) is 63.2 Å². The van der Waals surface area contributed by atoms with Gasteiger partial charge < -0.3 is 9.64 Å². The van der Waals surface area contributed by atoms with E-state index in [0.29, 0.717) is 30.9 Å². The summed E-state index contributed by atoms with van der Waals surface area (Å²) in [5.41, 5.74) is 0.642. The van der Waals surface area contributed by atoms with E-state index in [1.54, 1.807) is 19.1 Å². The molecule has 0 radical (unpaired) electrons. The molecule has 1 aliphatic carbocycles. The highest BCUT2D eigenvalue weighted by Crippen LogP contribution is 2.36. The standard InChI is InChI=1S/C21H30FN3O5S/c1-13(16-8-9-17(22)18(11-16)30-14(2)15-6-7-15)19(31(23,28)29)5-3-4-10-25-12-20(26)24-21(25)27/h8-9,11,13-15,19H,3-7,10,12H2,1-2H3,(H2,23,28,29)(H,24,26,27)/t13-,14?,19?/m1/s1. The molecule has 8 nitrogen and oxygen atoms in total. The Morgan fingerprint density at radius 2 is 1.97 bits per heavy atom. The topological polar surface area (TPSA) is 119 Å². The molecule has 1 saturated carbocycles. The monoisotopic (exact) mass is 455 g/mol. The van der Waals surface area contributed by atoms with Crippen LogP contribution in [0.3, 0.4) is 0 Å². The Morgan fingerprint density at radius 3 is 2.55 bits per heavy atom. The molecule has 31 heavy (non-hydrogen) atoms. The lowest BCUT2D eigenvalue weighted by Gasteiger charge is -2.24. The maximum absolute atomic E-state index is 14.2. The summed E-state index contributed by atoms with van der Waals surface area (Å²) in [5.74, 6) is -0.724. The first kappa shape index (κ1) is 23.5. The summed E-state index contributed by atoms with van der Waals surface area (Å²) in [6, 6.07) is 3.99. The van der Waals surface area contributed by atoms with Crippen LogP contribution in [0.15, 0.2) is 18.2 Å². The number of nitrogens with one attached hydrogen (secondary N) is 1. The van der Waals surface area contributed by atoms with Crippen LogP contribution < -0.4 is 15.2 Å². The zero-order chi connectivity index (χ0) is 22.8. The third-order valence-corrected chi connectivity index (χ3v) is 7.58. The second kappa shape index (κ2) is 9.52. The number of hydrogen-bond acceptors (Lipinski definition) is 5. The van der Waals surface area contributed by atoms with Crippen LogP contribution in [0.25, 0.3) is 0 Å². The number of ether oxygens (including phenoxy) is 1. The molecule has 0 aromatic heterocycles. The Balaban J connectivity index is 1.63. The molecular formula is C21H30FN3O5S. The number of sulfonamides is 1. The van der Waals surface area contributed by atoms with Crippen LogP contribution >= 0.6 is 0 Å². The highest BCUT2D eigenvalue weighted by Gasteiger charge is 2.32. The van der Waals surface area contributed by atoms with E-state index in [0.717, 1.165) is 12.8 Å². The first-order valence-electron chi connectivity index (χ1n) is 10.6. The normalized spacial score (nSPS) is 19.8. The van der Waals surface area contributed by atoms with Crippen LogP contribution in [0.2, 0.25) is 0 Å². The lowest BCUT2D eigenvalue weighted by atomic mass is 9.94. The minimum atomic E-state index is -3.86. The average Bonchev–Trinajstić information content (AvgIpc) is 3.47. The number of urea groups is 1. The van der Waals surface area contributed by atoms with E-state index in [2.05, 4.69) is 5.32 Å². The molecule has 1 aromatic rings. The summed E-state index contributed by atoms with van der Waals surface area (Å²) in [7, 11) is -3.86. The Kier molecular flexibility index (Phi) is 7.20. The molecular weight excluding hydrogens is 425 g/mol. The van der Waals surface area contributed by atoms with E-state index < -0.39 is 33.0 Å². The van der Waals surface area contributed by atoms with E-state index >= 15 is 0 Å². The molecule has 1 aromatic carbocycles. The van der Waals surface area contributed by atoms with Crippen molar-refractivity contribution < 1.29 is 27.1 Å². The Morgan fingerprint density at radius 1 is 1.26 bits per heavy atom. The van der Waals surface area contributed by atoms with Gasteiger partial charge in [0.05, 0.1) is 11.4 Å². The quantitative estimate of drug-likeness (QED) is 0.392. The summed E-state index contributed by atoms with van der Waals surface area (Å²) >= 11 is 0. The number of amides is 3. The molecule has 10 heteroatoms. The fourth-order valence-electron chi connectivity index (χ4n) is 3.98. The number of rotatable bonds is 11. The van der Waals surface area contributed by atoms with Gasteiger partial charge in [0.25, 0.3) is 0 Å². The Bertz CT molecular complexity index is 935. The zero-order valence-electron chi connectivity index (χ0n) is 17.8. The lowest BCUT2D eigenvalue weighted by Crippen LogP contribution is -2.33. The highest BCUT2D eigenvalue weighted by atomic mass is 32.2. The van der Waals surface area contributed by atoms with Crippen LogP contribution in [0.1, 0.15) is 57.4 Å². The maximum Gasteiger partial charge on any atom is 0.324 e. The fourth-order valence-corrected chi connectivity index (χ4v) is 5.20. The second-order valence-corrected chi connectivity index (χ2v) is 10.3. The predicted octanol–water partition coefficient (Wildman–Crippen LogP) is 2.49. The largest absolute Gasteiger partial charge is 0.487 e. The summed E-state index contributed by atoms with van der Waals surface area (Å²) < 4.78 is 44.6. The van der Waals surface area contributed by atoms with Gasteiger partial charge in [-0.15, -0.1) is 0 Å². The van der Waals surface area contributed by atoms with Gasteiger partial charge in [-0.2, -0.15) is 0 Å². The summed E-state index contributed by atoms with van der Waals surface area (Å²) in [5, 5.41) is 6.85. The molecule has 2 fully saturated rings. The van der Waals surface area contributed by atoms with Gasteiger partial charge >= 0.3 is 6.03 Å². The van der Waals surface area contributed by atoms with E-state index in [-0.39, 0.29) is 30.7 Å². The lowest BCUT2D eigenvalue weighted by molar-refractivity contribution is -0.118. The molecule has 1 saturated heterocycles. The molecule has 1 aliphatic heterocycles. The highest BCUT2D eigenvalue weighted by molar-refractivity contribution is 7.89. The summed E-state index contributed by atoms with van der Waals surface area (Å²) in [6.07, 6.45) is 3.38. The number of carbonyl (C=O) groups excluding carboxylic acids is 2. The molecule has 3 rings (SSSR count). The van der Waals surface area contributed by atoms with E-state index in [9.17, 15) is 22.4 Å². The SMILES string of the molecule is CC(Oc1cc([C@@H](C)C(CCCCN2CC(=O)NC2=O)S(N)(=O)=O)ccc1F)C1CC1. The van der Waals surface area contributed by atoms with Gasteiger partial charge in [-0.3, -0.25) is 10.1 Å². The molecule has 172 valence electrons. The first-order chi connectivity index (χ1) is 14.6. The molecule has 2 unspecified atom stereocenters. The van der Waals surface area contributed by atoms with Crippen LogP contribution in [-0.2, 0) is 14.8 Å². The second-order valence-electron chi connectivity index (χ2n) is 8.54. The molecule has 0 spiro atoms. The van der Waals surface area contributed by atoms with Crippen molar-refractivity contribution in [3.63, 3.8) is 0 Å². The van der Waals surface area contributed by atoms with Crippen molar-refractivity contribution in [3.8, 4) is 5.75 Å². The number of nitrogens with two attached hydrogens (primary N) is 1. The fraction of sp³-hybridized carbons (Fsp3) is 0.619. The molecule has 2 aliphatic rings. The number of halogens is 1. The predicted molar refractivity (Wildman–Crippen MR) is 113 cm³/mol. The summed E-state index contributed by atoms with van der Waals surface area (Å²) in [6.45, 7) is 4.04. The number of nitrogens with zero attached hydrogens (tertiary/aromatic N) is 1. The van der Waals surface area contributed by atoms with E-state index in [4.69, 9.17) is 9.88 Å². The van der Waals surface area contributed by atoms with Crippen molar-refractivity contribution in [1.82, 2.24) is 10.2 Å². The zero-order valence-corrected chi connectivity index (χ0v) is 18.7. The van der Waals surface area contributed by atoms with Gasteiger partial charge in [-0.1, -0.05) is 19.4 Å². The Labute approximate surface area is 182 Å². The van der Waals surface area contributed by atoms with Crippen LogP contribution in [0.5, 0.6) is 5.75 Å². The van der Waals surface area contributed by atoms with Crippen molar-refractivity contribution in [2.24, 2.45) is 11.1 Å². The van der Waals surface area contributed by atoms with Crippen LogP contribution in [0, 0.1) is 11.7 Å². The Hall–Kier alpha value is -2.20. The van der Waals surface area contributed by atoms with Crippen molar-refractivity contribution in [3.05, 3.63) is 29.6 Å². The van der Waals surface area contributed by atoms with Gasteiger partial charge in [0, 0.05) is 6.54 Å². The van der Waals surface area contributed by atoms with Gasteiger partial charge in [0.1, 0.15) is 6.54 Å². The van der Waals surface area contributed by atoms with Gasteiger partial charge in [0.15, 0.2) is 11.6 Å². The third-order valence-electron chi connectivity index (χ3n) is 6.09. The van der Waals surface area contributed by atoms with Gasteiger partial charge in [0.2, 0.25) is 15.9 Å². The summed E-state index contributed by atoms with van der Waals surface area (Å²) in [4.78, 5) is 24.2. The molecule has 3 amide bonds. The number of carbonyl (C=O) groups is 2. The average molecular weight is 456 g/mol. The van der Waals surface area contributed by atoms with Crippen molar-refractivity contribution in [1.29, 1.82) is 0 Å². The molecule has 3 atom stereocenters. The van der Waals surface area contributed by atoms with Crippen LogP contribution in [0.4, 0.5) is 9.18 Å². The number of benzene rings is 1. The third kappa shape index (κ3) is 6.16. The minimum absolute atomic E-state index is 0.0193.